The number of aromatic nitrogens is 4. The van der Waals surface area contributed by atoms with Crippen LogP contribution in [0.1, 0.15) is 16.1 Å². The van der Waals surface area contributed by atoms with Crippen LogP contribution in [0.15, 0.2) is 47.4 Å². The Hall–Kier alpha value is -3.79. The Kier molecular flexibility index (Phi) is 5.06. The van der Waals surface area contributed by atoms with Gasteiger partial charge in [0.25, 0.3) is 11.5 Å². The Balaban J connectivity index is 1.28. The molecule has 4 aromatic rings. The molecule has 5 rings (SSSR count). The van der Waals surface area contributed by atoms with E-state index < -0.39 is 11.9 Å². The normalized spacial score (nSPS) is 14.9. The Bertz CT molecular complexity index is 1370. The molecule has 32 heavy (non-hydrogen) atoms. The number of benzene rings is 1. The van der Waals surface area contributed by atoms with Gasteiger partial charge in [-0.1, -0.05) is 6.07 Å². The van der Waals surface area contributed by atoms with Crippen molar-refractivity contribution in [2.75, 3.05) is 38.1 Å². The minimum atomic E-state index is -0.636. The van der Waals surface area contributed by atoms with Gasteiger partial charge in [0.1, 0.15) is 11.2 Å². The molecule has 164 valence electrons. The summed E-state index contributed by atoms with van der Waals surface area (Å²) in [5.41, 5.74) is 3.49. The number of anilines is 1. The third-order valence-electron chi connectivity index (χ3n) is 5.82. The van der Waals surface area contributed by atoms with Gasteiger partial charge in [-0.05, 0) is 35.9 Å². The summed E-state index contributed by atoms with van der Waals surface area (Å²) in [6.07, 6.45) is 1.61. The smallest absolute Gasteiger partial charge is 0.274 e. The summed E-state index contributed by atoms with van der Waals surface area (Å²) in [5.74, 6) is -1.05. The van der Waals surface area contributed by atoms with Crippen LogP contribution in [0.5, 0.6) is 0 Å². The summed E-state index contributed by atoms with van der Waals surface area (Å²) in [4.78, 5) is 34.8. The van der Waals surface area contributed by atoms with Gasteiger partial charge in [0.15, 0.2) is 0 Å². The van der Waals surface area contributed by atoms with E-state index in [1.54, 1.807) is 22.8 Å². The van der Waals surface area contributed by atoms with Crippen LogP contribution < -0.4 is 15.8 Å². The van der Waals surface area contributed by atoms with Crippen molar-refractivity contribution >= 4 is 28.1 Å². The maximum Gasteiger partial charge on any atom is 0.274 e. The molecule has 1 aliphatic rings. The molecule has 0 radical (unpaired) electrons. The second-order valence-corrected chi connectivity index (χ2v) is 7.78. The molecule has 2 N–H and O–H groups in total. The Morgan fingerprint density at radius 2 is 1.94 bits per heavy atom. The van der Waals surface area contributed by atoms with Gasteiger partial charge >= 0.3 is 0 Å². The first-order valence-corrected chi connectivity index (χ1v) is 10.4. The molecule has 1 aliphatic heterocycles. The second-order valence-electron chi connectivity index (χ2n) is 7.78. The molecule has 9 nitrogen and oxygen atoms in total. The fraction of sp³-hybridized carbons (Fsp3) is 0.273. The molecule has 0 spiro atoms. The fourth-order valence-corrected chi connectivity index (χ4v) is 4.14. The standard InChI is InChI=1S/C22H22FN7O2/c1-24-21(31)15-3-5-18(20(23)26-15)29-10-8-28(9-11-29)13-14-2-4-17-16(12-14)27-22(32)19-6-7-25-30(17)19/h2-7,12H,8-11,13H2,1H3,(H,24,31)(H,27,32). The molecular weight excluding hydrogens is 413 g/mol. The van der Waals surface area contributed by atoms with E-state index >= 15 is 0 Å². The lowest BCUT2D eigenvalue weighted by molar-refractivity contribution is 0.0957. The van der Waals surface area contributed by atoms with Crippen molar-refractivity contribution in [1.82, 2.24) is 29.8 Å². The highest BCUT2D eigenvalue weighted by Gasteiger charge is 2.21. The van der Waals surface area contributed by atoms with Gasteiger partial charge in [0.05, 0.1) is 22.9 Å². The number of H-pyrrole nitrogens is 1. The summed E-state index contributed by atoms with van der Waals surface area (Å²) in [6, 6.07) is 10.8. The molecule has 4 heterocycles. The molecule has 0 atom stereocenters. The lowest BCUT2D eigenvalue weighted by atomic mass is 10.1. The van der Waals surface area contributed by atoms with Crippen LogP contribution in [-0.2, 0) is 6.54 Å². The molecular formula is C22H22FN7O2. The van der Waals surface area contributed by atoms with Crippen LogP contribution in [0.3, 0.4) is 0 Å². The number of hydrogen-bond donors (Lipinski definition) is 2. The minimum Gasteiger partial charge on any atom is -0.365 e. The van der Waals surface area contributed by atoms with Gasteiger partial charge < -0.3 is 15.2 Å². The number of nitrogens with one attached hydrogen (secondary N) is 2. The van der Waals surface area contributed by atoms with Gasteiger partial charge in [0, 0.05) is 39.8 Å². The van der Waals surface area contributed by atoms with E-state index in [9.17, 15) is 14.0 Å². The van der Waals surface area contributed by atoms with Gasteiger partial charge in [-0.15, -0.1) is 0 Å². The number of piperazine rings is 1. The summed E-state index contributed by atoms with van der Waals surface area (Å²) < 4.78 is 16.1. The third-order valence-corrected chi connectivity index (χ3v) is 5.82. The summed E-state index contributed by atoms with van der Waals surface area (Å²) in [7, 11) is 1.49. The van der Waals surface area contributed by atoms with E-state index in [2.05, 4.69) is 25.3 Å². The first-order chi connectivity index (χ1) is 15.5. The largest absolute Gasteiger partial charge is 0.365 e. The lowest BCUT2D eigenvalue weighted by Crippen LogP contribution is -2.46. The summed E-state index contributed by atoms with van der Waals surface area (Å²) in [5, 5.41) is 6.69. The topological polar surface area (TPSA) is 98.6 Å². The van der Waals surface area contributed by atoms with E-state index in [1.807, 2.05) is 23.1 Å². The van der Waals surface area contributed by atoms with Crippen LogP contribution in [-0.4, -0.2) is 63.6 Å². The van der Waals surface area contributed by atoms with E-state index in [0.29, 0.717) is 24.3 Å². The van der Waals surface area contributed by atoms with Crippen LogP contribution in [0.2, 0.25) is 0 Å². The van der Waals surface area contributed by atoms with Crippen LogP contribution >= 0.6 is 0 Å². The van der Waals surface area contributed by atoms with Crippen molar-refractivity contribution in [3.05, 3.63) is 70.2 Å². The maximum absolute atomic E-state index is 14.5. The number of pyridine rings is 1. The van der Waals surface area contributed by atoms with E-state index in [0.717, 1.165) is 36.2 Å². The Labute approximate surface area is 182 Å². The molecule has 3 aromatic heterocycles. The number of fused-ring (bicyclic) bond motifs is 3. The number of carbonyl (C=O) groups excluding carboxylic acids is 1. The third kappa shape index (κ3) is 3.58. The van der Waals surface area contributed by atoms with Crippen molar-refractivity contribution in [3.63, 3.8) is 0 Å². The average molecular weight is 435 g/mol. The lowest BCUT2D eigenvalue weighted by Gasteiger charge is -2.36. The average Bonchev–Trinajstić information content (AvgIpc) is 3.30. The van der Waals surface area contributed by atoms with Crippen molar-refractivity contribution < 1.29 is 9.18 Å². The van der Waals surface area contributed by atoms with Crippen molar-refractivity contribution in [3.8, 4) is 0 Å². The predicted octanol–water partition coefficient (Wildman–Crippen LogP) is 1.39. The number of nitrogens with zero attached hydrogens (tertiary/aromatic N) is 5. The number of halogens is 1. The van der Waals surface area contributed by atoms with Crippen molar-refractivity contribution in [2.45, 2.75) is 6.54 Å². The Morgan fingerprint density at radius 1 is 1.12 bits per heavy atom. The van der Waals surface area contributed by atoms with E-state index in [4.69, 9.17) is 0 Å². The summed E-state index contributed by atoms with van der Waals surface area (Å²) in [6.45, 7) is 3.53. The number of hydrogen-bond acceptors (Lipinski definition) is 6. The van der Waals surface area contributed by atoms with E-state index in [-0.39, 0.29) is 11.3 Å². The minimum absolute atomic E-state index is 0.0640. The molecule has 0 unspecified atom stereocenters. The van der Waals surface area contributed by atoms with Gasteiger partial charge in [-0.2, -0.15) is 9.49 Å². The molecule has 1 amide bonds. The SMILES string of the molecule is CNC(=O)c1ccc(N2CCN(Cc3ccc4c(c3)[nH]c(=O)c3ccnn34)CC2)c(F)n1. The predicted molar refractivity (Wildman–Crippen MR) is 118 cm³/mol. The zero-order chi connectivity index (χ0) is 22.2. The maximum atomic E-state index is 14.5. The Morgan fingerprint density at radius 3 is 2.69 bits per heavy atom. The first-order valence-electron chi connectivity index (χ1n) is 10.4. The van der Waals surface area contributed by atoms with Gasteiger partial charge in [0.2, 0.25) is 5.95 Å². The van der Waals surface area contributed by atoms with Crippen molar-refractivity contribution in [1.29, 1.82) is 0 Å². The van der Waals surface area contributed by atoms with Crippen LogP contribution in [0, 0.1) is 5.95 Å². The molecule has 0 aliphatic carbocycles. The molecule has 0 bridgehead atoms. The quantitative estimate of drug-likeness (QED) is 0.470. The molecule has 0 saturated carbocycles. The van der Waals surface area contributed by atoms with Crippen LogP contribution in [0.4, 0.5) is 10.1 Å². The van der Waals surface area contributed by atoms with Crippen LogP contribution in [0.25, 0.3) is 16.6 Å². The molecule has 1 aromatic carbocycles. The number of carbonyl (C=O) groups is 1. The molecule has 1 saturated heterocycles. The zero-order valence-electron chi connectivity index (χ0n) is 17.5. The summed E-state index contributed by atoms with van der Waals surface area (Å²) >= 11 is 0. The fourth-order valence-electron chi connectivity index (χ4n) is 4.14. The highest BCUT2D eigenvalue weighted by molar-refractivity contribution is 5.92. The number of rotatable bonds is 4. The first kappa shape index (κ1) is 20.1. The highest BCUT2D eigenvalue weighted by atomic mass is 19.1. The molecule has 1 fully saturated rings. The van der Waals surface area contributed by atoms with Crippen molar-refractivity contribution in [2.24, 2.45) is 0 Å². The second kappa shape index (κ2) is 8.04. The highest BCUT2D eigenvalue weighted by Crippen LogP contribution is 2.21. The number of amides is 1. The van der Waals surface area contributed by atoms with Gasteiger partial charge in [-0.25, -0.2) is 9.50 Å². The number of aromatic amines is 1. The molecule has 10 heteroatoms. The van der Waals surface area contributed by atoms with E-state index in [1.165, 1.54) is 13.1 Å². The van der Waals surface area contributed by atoms with Gasteiger partial charge in [-0.3, -0.25) is 14.5 Å². The zero-order valence-corrected chi connectivity index (χ0v) is 17.5. The monoisotopic (exact) mass is 435 g/mol.